The molecule has 0 amide bonds. The van der Waals surface area contributed by atoms with E-state index in [-0.39, 0.29) is 5.56 Å². The van der Waals surface area contributed by atoms with Gasteiger partial charge in [-0.25, -0.2) is 14.8 Å². The fraction of sp³-hybridized carbons (Fsp3) is 0.250. The van der Waals surface area contributed by atoms with E-state index in [1.54, 1.807) is 31.2 Å². The predicted molar refractivity (Wildman–Crippen MR) is 101 cm³/mol. The minimum atomic E-state index is -0.942. The van der Waals surface area contributed by atoms with Gasteiger partial charge >= 0.3 is 5.97 Å². The van der Waals surface area contributed by atoms with E-state index >= 15 is 0 Å². The average Bonchev–Trinajstić information content (AvgIpc) is 3.11. The smallest absolute Gasteiger partial charge is 0.335 e. The molecule has 3 heterocycles. The van der Waals surface area contributed by atoms with Gasteiger partial charge in [-0.1, -0.05) is 18.2 Å². The van der Waals surface area contributed by atoms with Crippen molar-refractivity contribution < 1.29 is 15.0 Å². The van der Waals surface area contributed by atoms with E-state index in [1.807, 2.05) is 18.2 Å². The van der Waals surface area contributed by atoms with Crippen molar-refractivity contribution in [1.29, 1.82) is 0 Å². The Labute approximate surface area is 156 Å². The number of hydrogen-bond acceptors (Lipinski definition) is 5. The van der Waals surface area contributed by atoms with Crippen LogP contribution in [0.3, 0.4) is 0 Å². The molecule has 2 aromatic heterocycles. The van der Waals surface area contributed by atoms with Crippen LogP contribution in [0.2, 0.25) is 0 Å². The van der Waals surface area contributed by atoms with Crippen LogP contribution >= 0.6 is 0 Å². The lowest BCUT2D eigenvalue weighted by Gasteiger charge is -2.27. The second-order valence-corrected chi connectivity index (χ2v) is 6.66. The standard InChI is InChI=1S/C20H20N4O3/c1-12(25)15-3-2-4-18(21-15)24-10-9-16-17(11-24)23-19(22-16)13-5-7-14(8-6-13)20(26)27/h2-8,12,25H,9-11H2,1H3,(H,22,23)(H,26,27)/t12-/m0/s1. The van der Waals surface area contributed by atoms with Crippen LogP contribution in [-0.4, -0.2) is 37.7 Å². The summed E-state index contributed by atoms with van der Waals surface area (Å²) in [4.78, 5) is 25.7. The molecule has 1 aliphatic heterocycles. The number of H-pyrrole nitrogens is 1. The summed E-state index contributed by atoms with van der Waals surface area (Å²) in [5.74, 6) is 0.633. The lowest BCUT2D eigenvalue weighted by atomic mass is 10.1. The number of aromatic amines is 1. The number of imidazole rings is 1. The number of nitrogens with zero attached hydrogens (tertiary/aromatic N) is 3. The molecule has 1 atom stereocenters. The molecule has 0 bridgehead atoms. The van der Waals surface area contributed by atoms with Crippen LogP contribution < -0.4 is 4.90 Å². The third-order valence-electron chi connectivity index (χ3n) is 4.75. The fourth-order valence-corrected chi connectivity index (χ4v) is 3.25. The summed E-state index contributed by atoms with van der Waals surface area (Å²) >= 11 is 0. The van der Waals surface area contributed by atoms with Crippen LogP contribution in [-0.2, 0) is 13.0 Å². The first kappa shape index (κ1) is 17.2. The maximum atomic E-state index is 11.0. The highest BCUT2D eigenvalue weighted by molar-refractivity contribution is 5.88. The number of pyridine rings is 1. The van der Waals surface area contributed by atoms with Crippen LogP contribution in [0.25, 0.3) is 11.4 Å². The number of carbonyl (C=O) groups is 1. The largest absolute Gasteiger partial charge is 0.478 e. The molecule has 27 heavy (non-hydrogen) atoms. The Morgan fingerprint density at radius 1 is 1.19 bits per heavy atom. The molecule has 1 aromatic carbocycles. The molecular weight excluding hydrogens is 344 g/mol. The number of aromatic carboxylic acids is 1. The van der Waals surface area contributed by atoms with Gasteiger partial charge in [0.15, 0.2) is 0 Å². The summed E-state index contributed by atoms with van der Waals surface area (Å²) in [5.41, 5.74) is 3.82. The fourth-order valence-electron chi connectivity index (χ4n) is 3.25. The summed E-state index contributed by atoms with van der Waals surface area (Å²) in [7, 11) is 0. The minimum absolute atomic E-state index is 0.255. The molecule has 7 heteroatoms. The molecule has 0 saturated carbocycles. The number of aliphatic hydroxyl groups excluding tert-OH is 1. The maximum Gasteiger partial charge on any atom is 0.335 e. The van der Waals surface area contributed by atoms with Crippen LogP contribution in [0.1, 0.15) is 40.5 Å². The molecule has 0 unspecified atom stereocenters. The van der Waals surface area contributed by atoms with Gasteiger partial charge in [0.2, 0.25) is 0 Å². The first-order valence-electron chi connectivity index (χ1n) is 8.82. The first-order chi connectivity index (χ1) is 13.0. The molecule has 0 saturated heterocycles. The third-order valence-corrected chi connectivity index (χ3v) is 4.75. The maximum absolute atomic E-state index is 11.0. The van der Waals surface area contributed by atoms with E-state index in [9.17, 15) is 9.90 Å². The highest BCUT2D eigenvalue weighted by Gasteiger charge is 2.22. The van der Waals surface area contributed by atoms with Gasteiger partial charge in [0.05, 0.1) is 35.3 Å². The van der Waals surface area contributed by atoms with E-state index in [4.69, 9.17) is 5.11 Å². The van der Waals surface area contributed by atoms with Crippen LogP contribution in [0.5, 0.6) is 0 Å². The lowest BCUT2D eigenvalue weighted by Crippen LogP contribution is -2.31. The Kier molecular flexibility index (Phi) is 4.37. The number of benzene rings is 1. The monoisotopic (exact) mass is 364 g/mol. The highest BCUT2D eigenvalue weighted by atomic mass is 16.4. The van der Waals surface area contributed by atoms with Crippen molar-refractivity contribution >= 4 is 11.8 Å². The molecule has 0 spiro atoms. The predicted octanol–water partition coefficient (Wildman–Crippen LogP) is 2.79. The van der Waals surface area contributed by atoms with Crippen molar-refractivity contribution in [2.24, 2.45) is 0 Å². The second-order valence-electron chi connectivity index (χ2n) is 6.66. The minimum Gasteiger partial charge on any atom is -0.478 e. The van der Waals surface area contributed by atoms with Crippen molar-refractivity contribution in [3.63, 3.8) is 0 Å². The number of fused-ring (bicyclic) bond motifs is 1. The Morgan fingerprint density at radius 3 is 2.67 bits per heavy atom. The SMILES string of the molecule is C[C@H](O)c1cccc(N2CCc3nc(-c4ccc(C(=O)O)cc4)[nH]c3C2)n1. The lowest BCUT2D eigenvalue weighted by molar-refractivity contribution is 0.0697. The average molecular weight is 364 g/mol. The van der Waals surface area contributed by atoms with Gasteiger partial charge in [-0.3, -0.25) is 0 Å². The van der Waals surface area contributed by atoms with Crippen molar-refractivity contribution in [2.45, 2.75) is 26.0 Å². The Hall–Kier alpha value is -3.19. The Bertz CT molecular complexity index is 979. The summed E-state index contributed by atoms with van der Waals surface area (Å²) in [6.45, 7) is 3.16. The molecule has 3 N–H and O–H groups in total. The first-order valence-corrected chi connectivity index (χ1v) is 8.82. The number of hydrogen-bond donors (Lipinski definition) is 3. The van der Waals surface area contributed by atoms with Gasteiger partial charge in [-0.15, -0.1) is 0 Å². The zero-order valence-corrected chi connectivity index (χ0v) is 14.9. The van der Waals surface area contributed by atoms with E-state index in [1.165, 1.54) is 0 Å². The molecule has 138 valence electrons. The van der Waals surface area contributed by atoms with E-state index < -0.39 is 12.1 Å². The summed E-state index contributed by atoms with van der Waals surface area (Å²) in [6, 6.07) is 12.4. The van der Waals surface area contributed by atoms with Gasteiger partial charge in [0.25, 0.3) is 0 Å². The number of aliphatic hydroxyl groups is 1. The quantitative estimate of drug-likeness (QED) is 0.658. The second kappa shape index (κ2) is 6.85. The van der Waals surface area contributed by atoms with Crippen molar-refractivity contribution in [3.05, 3.63) is 65.1 Å². The molecular formula is C20H20N4O3. The highest BCUT2D eigenvalue weighted by Crippen LogP contribution is 2.26. The summed E-state index contributed by atoms with van der Waals surface area (Å²) in [5, 5.41) is 18.8. The normalized spacial score (nSPS) is 14.7. The van der Waals surface area contributed by atoms with E-state index in [0.717, 1.165) is 41.6 Å². The zero-order chi connectivity index (χ0) is 19.0. The number of carboxylic acids is 1. The van der Waals surface area contributed by atoms with Crippen molar-refractivity contribution in [1.82, 2.24) is 15.0 Å². The van der Waals surface area contributed by atoms with Crippen molar-refractivity contribution in [2.75, 3.05) is 11.4 Å². The molecule has 0 radical (unpaired) electrons. The van der Waals surface area contributed by atoms with Crippen LogP contribution in [0, 0.1) is 0 Å². The molecule has 7 nitrogen and oxygen atoms in total. The molecule has 4 rings (SSSR count). The van der Waals surface area contributed by atoms with Gasteiger partial charge < -0.3 is 20.1 Å². The number of nitrogens with one attached hydrogen (secondary N) is 1. The van der Waals surface area contributed by atoms with Gasteiger partial charge in [-0.2, -0.15) is 0 Å². The molecule has 3 aromatic rings. The summed E-state index contributed by atoms with van der Waals surface area (Å²) in [6.07, 6.45) is 0.192. The summed E-state index contributed by atoms with van der Waals surface area (Å²) < 4.78 is 0. The number of rotatable bonds is 4. The number of aromatic nitrogens is 3. The van der Waals surface area contributed by atoms with Crippen LogP contribution in [0.15, 0.2) is 42.5 Å². The number of carboxylic acid groups (broad SMARTS) is 1. The Morgan fingerprint density at radius 2 is 1.96 bits per heavy atom. The third kappa shape index (κ3) is 3.41. The number of anilines is 1. The zero-order valence-electron chi connectivity index (χ0n) is 14.9. The molecule has 0 aliphatic carbocycles. The van der Waals surface area contributed by atoms with E-state index in [0.29, 0.717) is 12.2 Å². The molecule has 1 aliphatic rings. The van der Waals surface area contributed by atoms with Crippen molar-refractivity contribution in [3.8, 4) is 11.4 Å². The van der Waals surface area contributed by atoms with E-state index in [2.05, 4.69) is 19.9 Å². The topological polar surface area (TPSA) is 102 Å². The Balaban J connectivity index is 1.57. The van der Waals surface area contributed by atoms with Crippen LogP contribution in [0.4, 0.5) is 5.82 Å². The van der Waals surface area contributed by atoms with Gasteiger partial charge in [-0.05, 0) is 31.2 Å². The van der Waals surface area contributed by atoms with Gasteiger partial charge in [0.1, 0.15) is 11.6 Å². The molecule has 0 fully saturated rings. The van der Waals surface area contributed by atoms with Gasteiger partial charge in [0, 0.05) is 18.5 Å².